The minimum atomic E-state index is -0.493. The fourth-order valence-corrected chi connectivity index (χ4v) is 1.49. The van der Waals surface area contributed by atoms with Gasteiger partial charge in [0.25, 0.3) is 5.69 Å². The Morgan fingerprint density at radius 2 is 1.84 bits per heavy atom. The highest BCUT2D eigenvalue weighted by Gasteiger charge is 2.05. The van der Waals surface area contributed by atoms with Crippen molar-refractivity contribution in [1.29, 1.82) is 0 Å². The van der Waals surface area contributed by atoms with E-state index >= 15 is 0 Å². The number of hydrogen-bond acceptors (Lipinski definition) is 4. The van der Waals surface area contributed by atoms with Crippen LogP contribution in [-0.2, 0) is 6.61 Å². The average Bonchev–Trinajstić information content (AvgIpc) is 2.46. The maximum Gasteiger partial charge on any atom is 0.277 e. The molecule has 0 bridgehead atoms. The molecular weight excluding hydrogens is 246 g/mol. The Morgan fingerprint density at radius 1 is 1.16 bits per heavy atom. The zero-order valence-electron chi connectivity index (χ0n) is 10.3. The van der Waals surface area contributed by atoms with E-state index in [-0.39, 0.29) is 5.69 Å². The number of nitro groups is 1. The van der Waals surface area contributed by atoms with Gasteiger partial charge in [0.2, 0.25) is 0 Å². The first-order chi connectivity index (χ1) is 9.19. The third-order valence-electron chi connectivity index (χ3n) is 2.53. The number of nitrogens with zero attached hydrogens (tertiary/aromatic N) is 1. The molecule has 0 aliphatic carbocycles. The number of non-ortho nitro benzene ring substituents is 1. The second-order valence-electron chi connectivity index (χ2n) is 3.80. The summed E-state index contributed by atoms with van der Waals surface area (Å²) < 4.78 is 10.6. The minimum absolute atomic E-state index is 0.0724. The van der Waals surface area contributed by atoms with Crippen molar-refractivity contribution in [2.75, 3.05) is 7.11 Å². The first kappa shape index (κ1) is 12.9. The number of ether oxygens (including phenoxy) is 2. The lowest BCUT2D eigenvalue weighted by Gasteiger charge is -2.06. The van der Waals surface area contributed by atoms with Crippen LogP contribution in [0.3, 0.4) is 0 Å². The van der Waals surface area contributed by atoms with Gasteiger partial charge in [0.15, 0.2) is 0 Å². The molecule has 0 saturated heterocycles. The Kier molecular flexibility index (Phi) is 3.97. The van der Waals surface area contributed by atoms with Crippen molar-refractivity contribution >= 4 is 5.69 Å². The van der Waals surface area contributed by atoms with Gasteiger partial charge in [-0.15, -0.1) is 0 Å². The van der Waals surface area contributed by atoms with Crippen molar-refractivity contribution < 1.29 is 14.4 Å². The van der Waals surface area contributed by atoms with Crippen LogP contribution in [0, 0.1) is 16.2 Å². The molecule has 97 valence electrons. The van der Waals surface area contributed by atoms with Crippen molar-refractivity contribution in [3.8, 4) is 11.5 Å². The summed E-state index contributed by atoms with van der Waals surface area (Å²) in [5.41, 5.74) is 0.913. The molecule has 0 N–H and O–H groups in total. The summed E-state index contributed by atoms with van der Waals surface area (Å²) in [4.78, 5) is 9.98. The van der Waals surface area contributed by atoms with E-state index in [0.29, 0.717) is 12.4 Å². The molecule has 0 unspecified atom stereocenters. The van der Waals surface area contributed by atoms with Crippen LogP contribution in [0.4, 0.5) is 5.69 Å². The molecule has 0 aliphatic rings. The van der Waals surface area contributed by atoms with E-state index in [1.807, 2.05) is 24.3 Å². The SMILES string of the molecule is COc1ccc(COc2c[c]c([N+](=O)[O-])cc2)cc1. The van der Waals surface area contributed by atoms with Crippen LogP contribution >= 0.6 is 0 Å². The number of hydrogen-bond donors (Lipinski definition) is 0. The third-order valence-corrected chi connectivity index (χ3v) is 2.53. The largest absolute Gasteiger partial charge is 0.497 e. The summed E-state index contributed by atoms with van der Waals surface area (Å²) in [6, 6.07) is 14.4. The fourth-order valence-electron chi connectivity index (χ4n) is 1.49. The number of benzene rings is 2. The number of nitro benzene ring substituents is 1. The van der Waals surface area contributed by atoms with Gasteiger partial charge in [-0.05, 0) is 29.8 Å². The summed E-state index contributed by atoms with van der Waals surface area (Å²) in [5, 5.41) is 10.5. The summed E-state index contributed by atoms with van der Waals surface area (Å²) in [7, 11) is 1.61. The number of rotatable bonds is 5. The Balaban J connectivity index is 1.95. The minimum Gasteiger partial charge on any atom is -0.497 e. The summed E-state index contributed by atoms with van der Waals surface area (Å²) in [6.07, 6.45) is 0. The third kappa shape index (κ3) is 3.45. The summed E-state index contributed by atoms with van der Waals surface area (Å²) in [5.74, 6) is 1.33. The molecule has 0 aliphatic heterocycles. The topological polar surface area (TPSA) is 61.6 Å². The summed E-state index contributed by atoms with van der Waals surface area (Å²) in [6.45, 7) is 0.385. The molecule has 0 fully saturated rings. The van der Waals surface area contributed by atoms with Gasteiger partial charge in [-0.2, -0.15) is 0 Å². The molecule has 5 heteroatoms. The van der Waals surface area contributed by atoms with Gasteiger partial charge in [-0.25, -0.2) is 0 Å². The predicted octanol–water partition coefficient (Wildman–Crippen LogP) is 2.98. The standard InChI is InChI=1S/C14H12NO4/c1-18-13-6-2-11(3-7-13)10-19-14-8-4-12(5-9-14)15(16)17/h2-4,6-9H,10H2,1H3. The lowest BCUT2D eigenvalue weighted by atomic mass is 10.2. The van der Waals surface area contributed by atoms with E-state index in [4.69, 9.17) is 9.47 Å². The molecule has 0 amide bonds. The van der Waals surface area contributed by atoms with Gasteiger partial charge in [0.1, 0.15) is 18.1 Å². The lowest BCUT2D eigenvalue weighted by Crippen LogP contribution is -1.96. The zero-order valence-corrected chi connectivity index (χ0v) is 10.3. The maximum atomic E-state index is 10.5. The monoisotopic (exact) mass is 258 g/mol. The molecule has 5 nitrogen and oxygen atoms in total. The second kappa shape index (κ2) is 5.86. The van der Waals surface area contributed by atoms with Gasteiger partial charge in [0, 0.05) is 6.07 Å². The molecule has 2 rings (SSSR count). The molecule has 0 saturated carbocycles. The Hall–Kier alpha value is -2.56. The van der Waals surface area contributed by atoms with Crippen LogP contribution in [-0.4, -0.2) is 12.0 Å². The maximum absolute atomic E-state index is 10.5. The molecule has 0 heterocycles. The molecule has 0 aromatic heterocycles. The molecule has 1 radical (unpaired) electrons. The van der Waals surface area contributed by atoms with Crippen molar-refractivity contribution in [3.63, 3.8) is 0 Å². The van der Waals surface area contributed by atoms with Crippen molar-refractivity contribution in [3.05, 3.63) is 64.2 Å². The van der Waals surface area contributed by atoms with Gasteiger partial charge in [-0.3, -0.25) is 10.1 Å². The van der Waals surface area contributed by atoms with E-state index in [2.05, 4.69) is 6.07 Å². The van der Waals surface area contributed by atoms with Crippen LogP contribution in [0.2, 0.25) is 0 Å². The molecule has 0 spiro atoms. The first-order valence-electron chi connectivity index (χ1n) is 5.61. The lowest BCUT2D eigenvalue weighted by molar-refractivity contribution is -0.385. The predicted molar refractivity (Wildman–Crippen MR) is 69.3 cm³/mol. The Bertz CT molecular complexity index is 549. The normalized spacial score (nSPS) is 9.95. The highest BCUT2D eigenvalue weighted by Crippen LogP contribution is 2.18. The summed E-state index contributed by atoms with van der Waals surface area (Å²) >= 11 is 0. The molecule has 19 heavy (non-hydrogen) atoms. The first-order valence-corrected chi connectivity index (χ1v) is 5.61. The molecular formula is C14H12NO4. The fraction of sp³-hybridized carbons (Fsp3) is 0.143. The van der Waals surface area contributed by atoms with Crippen LogP contribution in [0.1, 0.15) is 5.56 Å². The van der Waals surface area contributed by atoms with E-state index in [1.165, 1.54) is 12.1 Å². The van der Waals surface area contributed by atoms with E-state index in [9.17, 15) is 10.1 Å². The van der Waals surface area contributed by atoms with E-state index < -0.39 is 4.92 Å². The smallest absolute Gasteiger partial charge is 0.277 e. The molecule has 0 atom stereocenters. The van der Waals surface area contributed by atoms with Crippen LogP contribution in [0.25, 0.3) is 0 Å². The van der Waals surface area contributed by atoms with Gasteiger partial charge in [-0.1, -0.05) is 12.1 Å². The Labute approximate surface area is 110 Å². The Morgan fingerprint density at radius 3 is 2.37 bits per heavy atom. The molecule has 2 aromatic carbocycles. The average molecular weight is 258 g/mol. The quantitative estimate of drug-likeness (QED) is 0.611. The van der Waals surface area contributed by atoms with Crippen LogP contribution in [0.15, 0.2) is 42.5 Å². The van der Waals surface area contributed by atoms with Crippen molar-refractivity contribution in [2.45, 2.75) is 6.61 Å². The highest BCUT2D eigenvalue weighted by molar-refractivity contribution is 5.35. The van der Waals surface area contributed by atoms with E-state index in [0.717, 1.165) is 11.3 Å². The van der Waals surface area contributed by atoms with Crippen molar-refractivity contribution in [2.24, 2.45) is 0 Å². The van der Waals surface area contributed by atoms with Gasteiger partial charge >= 0.3 is 0 Å². The van der Waals surface area contributed by atoms with Crippen LogP contribution in [0.5, 0.6) is 11.5 Å². The van der Waals surface area contributed by atoms with E-state index in [1.54, 1.807) is 13.2 Å². The van der Waals surface area contributed by atoms with Gasteiger partial charge < -0.3 is 9.47 Å². The zero-order chi connectivity index (χ0) is 13.7. The molecule has 2 aromatic rings. The highest BCUT2D eigenvalue weighted by atomic mass is 16.6. The van der Waals surface area contributed by atoms with Gasteiger partial charge in [0.05, 0.1) is 18.1 Å². The van der Waals surface area contributed by atoms with Crippen LogP contribution < -0.4 is 9.47 Å². The second-order valence-corrected chi connectivity index (χ2v) is 3.80. The number of methoxy groups -OCH3 is 1. The van der Waals surface area contributed by atoms with Crippen molar-refractivity contribution in [1.82, 2.24) is 0 Å².